The fraction of sp³-hybridized carbons (Fsp3) is 0.467. The van der Waals surface area contributed by atoms with Crippen molar-refractivity contribution in [1.82, 2.24) is 0 Å². The molecule has 1 rings (SSSR count). The van der Waals surface area contributed by atoms with Crippen LogP contribution >= 0.6 is 11.6 Å². The van der Waals surface area contributed by atoms with Crippen molar-refractivity contribution < 1.29 is 10.0 Å². The number of rotatable bonds is 7. The second-order valence-corrected chi connectivity index (χ2v) is 5.32. The highest BCUT2D eigenvalue weighted by atomic mass is 35.5. The third kappa shape index (κ3) is 4.93. The summed E-state index contributed by atoms with van der Waals surface area (Å²) in [7, 11) is 0. The third-order valence-corrected chi connectivity index (χ3v) is 3.71. The van der Waals surface area contributed by atoms with Crippen molar-refractivity contribution in [3.05, 3.63) is 28.8 Å². The monoisotopic (exact) mass is 311 g/mol. The van der Waals surface area contributed by atoms with E-state index >= 15 is 0 Å². The summed E-state index contributed by atoms with van der Waals surface area (Å²) < 4.78 is 0. The van der Waals surface area contributed by atoms with Crippen LogP contribution in [0.5, 0.6) is 0 Å². The molecule has 1 unspecified atom stereocenters. The van der Waals surface area contributed by atoms with Gasteiger partial charge in [-0.05, 0) is 31.0 Å². The summed E-state index contributed by atoms with van der Waals surface area (Å²) in [6.45, 7) is 4.11. The molecule has 0 saturated carbocycles. The van der Waals surface area contributed by atoms with Crippen LogP contribution in [0.3, 0.4) is 0 Å². The number of unbranched alkanes of at least 4 members (excludes halogenated alkanes) is 1. The van der Waals surface area contributed by atoms with Gasteiger partial charge in [0.05, 0.1) is 10.7 Å². The molecular weight excluding hydrogens is 290 g/mol. The van der Waals surface area contributed by atoms with Crippen LogP contribution in [0.2, 0.25) is 5.02 Å². The number of amidine groups is 1. The van der Waals surface area contributed by atoms with Gasteiger partial charge in [0.15, 0.2) is 5.84 Å². The Morgan fingerprint density at radius 1 is 1.48 bits per heavy atom. The van der Waals surface area contributed by atoms with Crippen LogP contribution in [0.4, 0.5) is 5.69 Å². The molecule has 0 fully saturated rings. The van der Waals surface area contributed by atoms with Gasteiger partial charge in [-0.25, -0.2) is 0 Å². The summed E-state index contributed by atoms with van der Waals surface area (Å²) in [5, 5.41) is 14.7. The lowest BCUT2D eigenvalue weighted by Crippen LogP contribution is -2.22. The van der Waals surface area contributed by atoms with Crippen molar-refractivity contribution in [1.29, 1.82) is 0 Å². The molecule has 1 atom stereocenters. The Balaban J connectivity index is 2.80. The van der Waals surface area contributed by atoms with Gasteiger partial charge in [-0.1, -0.05) is 43.4 Å². The molecule has 6 heteroatoms. The summed E-state index contributed by atoms with van der Waals surface area (Å²) >= 11 is 6.12. The Labute approximate surface area is 130 Å². The average Bonchev–Trinajstić information content (AvgIpc) is 2.49. The van der Waals surface area contributed by atoms with Gasteiger partial charge < -0.3 is 16.3 Å². The number of oxime groups is 1. The van der Waals surface area contributed by atoms with Crippen LogP contribution in [0.1, 0.15) is 45.1 Å². The van der Waals surface area contributed by atoms with Crippen LogP contribution in [0, 0.1) is 5.92 Å². The quantitative estimate of drug-likeness (QED) is 0.311. The molecule has 4 N–H and O–H groups in total. The molecule has 0 saturated heterocycles. The zero-order valence-corrected chi connectivity index (χ0v) is 13.2. The van der Waals surface area contributed by atoms with Gasteiger partial charge in [-0.15, -0.1) is 0 Å². The lowest BCUT2D eigenvalue weighted by Gasteiger charge is -2.15. The maximum atomic E-state index is 12.2. The van der Waals surface area contributed by atoms with Crippen molar-refractivity contribution in [2.45, 2.75) is 39.5 Å². The normalized spacial score (nSPS) is 13.0. The van der Waals surface area contributed by atoms with Gasteiger partial charge in [0, 0.05) is 11.5 Å². The number of halogens is 1. The minimum absolute atomic E-state index is 0.00948. The van der Waals surface area contributed by atoms with Gasteiger partial charge >= 0.3 is 0 Å². The molecule has 0 aromatic heterocycles. The van der Waals surface area contributed by atoms with Gasteiger partial charge in [-0.3, -0.25) is 4.79 Å². The molecule has 0 spiro atoms. The molecule has 0 bridgehead atoms. The zero-order valence-electron chi connectivity index (χ0n) is 12.4. The van der Waals surface area contributed by atoms with Crippen LogP contribution in [0.15, 0.2) is 23.4 Å². The number of amides is 1. The molecule has 21 heavy (non-hydrogen) atoms. The SMILES string of the molecule is CCCCC(CC)C(=O)Nc1ccc(/C(N)=N/O)cc1Cl. The number of nitrogens with two attached hydrogens (primary N) is 1. The number of hydrogen-bond donors (Lipinski definition) is 3. The predicted molar refractivity (Wildman–Crippen MR) is 85.9 cm³/mol. The molecule has 1 amide bonds. The van der Waals surface area contributed by atoms with E-state index in [1.807, 2.05) is 6.92 Å². The van der Waals surface area contributed by atoms with Gasteiger partial charge in [0.1, 0.15) is 0 Å². The first kappa shape index (κ1) is 17.3. The first-order chi connectivity index (χ1) is 10.0. The topological polar surface area (TPSA) is 87.7 Å². The van der Waals surface area contributed by atoms with E-state index in [9.17, 15) is 4.79 Å². The molecule has 0 heterocycles. The third-order valence-electron chi connectivity index (χ3n) is 3.40. The predicted octanol–water partition coefficient (Wildman–Crippen LogP) is 3.59. The fourth-order valence-corrected chi connectivity index (χ4v) is 2.27. The number of benzene rings is 1. The van der Waals surface area contributed by atoms with Crippen LogP contribution < -0.4 is 11.1 Å². The van der Waals surface area contributed by atoms with Crippen molar-refractivity contribution in [3.63, 3.8) is 0 Å². The molecule has 0 aliphatic rings. The maximum absolute atomic E-state index is 12.2. The van der Waals surface area contributed by atoms with Crippen LogP contribution in [-0.4, -0.2) is 17.0 Å². The number of nitrogens with one attached hydrogen (secondary N) is 1. The lowest BCUT2D eigenvalue weighted by atomic mass is 9.98. The zero-order chi connectivity index (χ0) is 15.8. The Morgan fingerprint density at radius 2 is 2.19 bits per heavy atom. The summed E-state index contributed by atoms with van der Waals surface area (Å²) in [5.74, 6) is -0.0571. The van der Waals surface area contributed by atoms with E-state index in [0.29, 0.717) is 16.3 Å². The highest BCUT2D eigenvalue weighted by molar-refractivity contribution is 6.34. The van der Waals surface area contributed by atoms with Crippen LogP contribution in [-0.2, 0) is 4.79 Å². The Bertz CT molecular complexity index is 518. The second-order valence-electron chi connectivity index (χ2n) is 4.92. The second kappa shape index (κ2) is 8.52. The number of hydrogen-bond acceptors (Lipinski definition) is 3. The Morgan fingerprint density at radius 3 is 2.71 bits per heavy atom. The Hall–Kier alpha value is -1.75. The molecule has 0 radical (unpaired) electrons. The molecule has 116 valence electrons. The summed E-state index contributed by atoms with van der Waals surface area (Å²) in [4.78, 5) is 12.2. The number of nitrogens with zero attached hydrogens (tertiary/aromatic N) is 1. The summed E-state index contributed by atoms with van der Waals surface area (Å²) in [6, 6.07) is 4.85. The highest BCUT2D eigenvalue weighted by Crippen LogP contribution is 2.24. The fourth-order valence-electron chi connectivity index (χ4n) is 2.04. The van der Waals surface area contributed by atoms with E-state index in [0.717, 1.165) is 25.7 Å². The Kier molecular flexibility index (Phi) is 7.02. The van der Waals surface area contributed by atoms with Gasteiger partial charge in [0.25, 0.3) is 0 Å². The minimum atomic E-state index is -0.0239. The van der Waals surface area contributed by atoms with E-state index in [4.69, 9.17) is 22.5 Å². The standard InChI is InChI=1S/C15H22ClN3O2/c1-3-5-6-10(4-2)15(20)18-13-8-7-11(9-12(13)16)14(17)19-21/h7-10,21H,3-6H2,1-2H3,(H2,17,19)(H,18,20). The maximum Gasteiger partial charge on any atom is 0.227 e. The minimum Gasteiger partial charge on any atom is -0.409 e. The number of anilines is 1. The molecule has 1 aromatic carbocycles. The van der Waals surface area contributed by atoms with Gasteiger partial charge in [0.2, 0.25) is 5.91 Å². The van der Waals surface area contributed by atoms with E-state index in [2.05, 4.69) is 17.4 Å². The van der Waals surface area contributed by atoms with Gasteiger partial charge in [-0.2, -0.15) is 0 Å². The highest BCUT2D eigenvalue weighted by Gasteiger charge is 2.17. The van der Waals surface area contributed by atoms with Crippen molar-refractivity contribution in [3.8, 4) is 0 Å². The molecule has 0 aliphatic carbocycles. The van der Waals surface area contributed by atoms with E-state index in [-0.39, 0.29) is 17.7 Å². The molecule has 0 aliphatic heterocycles. The smallest absolute Gasteiger partial charge is 0.227 e. The van der Waals surface area contributed by atoms with Crippen molar-refractivity contribution in [2.24, 2.45) is 16.8 Å². The first-order valence-corrected chi connectivity index (χ1v) is 7.49. The molecule has 1 aromatic rings. The van der Waals surface area contributed by atoms with E-state index in [1.54, 1.807) is 18.2 Å². The largest absolute Gasteiger partial charge is 0.409 e. The number of carbonyl (C=O) groups is 1. The number of carbonyl (C=O) groups excluding carboxylic acids is 1. The van der Waals surface area contributed by atoms with E-state index in [1.165, 1.54) is 0 Å². The van der Waals surface area contributed by atoms with Crippen LogP contribution in [0.25, 0.3) is 0 Å². The van der Waals surface area contributed by atoms with Crippen molar-refractivity contribution >= 4 is 29.0 Å². The summed E-state index contributed by atoms with van der Waals surface area (Å²) in [5.41, 5.74) is 6.53. The molecular formula is C15H22ClN3O2. The first-order valence-electron chi connectivity index (χ1n) is 7.11. The average molecular weight is 312 g/mol. The summed E-state index contributed by atoms with van der Waals surface area (Å²) in [6.07, 6.45) is 3.77. The van der Waals surface area contributed by atoms with Crippen molar-refractivity contribution in [2.75, 3.05) is 5.32 Å². The molecule has 5 nitrogen and oxygen atoms in total. The lowest BCUT2D eigenvalue weighted by molar-refractivity contribution is -0.120. The van der Waals surface area contributed by atoms with E-state index < -0.39 is 0 Å².